The van der Waals surface area contributed by atoms with Gasteiger partial charge in [-0.1, -0.05) is 6.07 Å². The number of aryl methyl sites for hydroxylation is 1. The molecule has 21 heavy (non-hydrogen) atoms. The molecule has 4 nitrogen and oxygen atoms in total. The first-order valence-electron chi connectivity index (χ1n) is 6.53. The lowest BCUT2D eigenvalue weighted by Gasteiger charge is -2.09. The van der Waals surface area contributed by atoms with Crippen molar-refractivity contribution in [2.45, 2.75) is 13.8 Å². The maximum Gasteiger partial charge on any atom is 0.258 e. The molecule has 0 saturated heterocycles. The number of fused-ring (bicyclic) bond motifs is 1. The summed E-state index contributed by atoms with van der Waals surface area (Å²) >= 11 is 0. The Kier molecular flexibility index (Phi) is 3.25. The van der Waals surface area contributed by atoms with Crippen LogP contribution in [0.3, 0.4) is 0 Å². The summed E-state index contributed by atoms with van der Waals surface area (Å²) in [6.45, 7) is 3.62. The molecule has 1 heterocycles. The molecule has 2 aromatic carbocycles. The maximum absolute atomic E-state index is 14.1. The summed E-state index contributed by atoms with van der Waals surface area (Å²) in [5.74, 6) is 0.210. The summed E-state index contributed by atoms with van der Waals surface area (Å²) in [6.07, 6.45) is 0. The third-order valence-corrected chi connectivity index (χ3v) is 3.53. The highest BCUT2D eigenvalue weighted by molar-refractivity contribution is 6.04. The molecular weight excluding hydrogens is 273 g/mol. The molecule has 1 aliphatic rings. The van der Waals surface area contributed by atoms with Crippen LogP contribution in [0.1, 0.15) is 21.5 Å². The zero-order valence-electron chi connectivity index (χ0n) is 11.7. The van der Waals surface area contributed by atoms with Crippen LogP contribution in [0.2, 0.25) is 0 Å². The molecule has 3 rings (SSSR count). The minimum absolute atomic E-state index is 0.0239. The van der Waals surface area contributed by atoms with Crippen molar-refractivity contribution in [1.29, 1.82) is 0 Å². The maximum atomic E-state index is 14.1. The predicted octanol–water partition coefficient (Wildman–Crippen LogP) is 3.42. The van der Waals surface area contributed by atoms with Gasteiger partial charge in [0.15, 0.2) is 11.5 Å². The van der Waals surface area contributed by atoms with Crippen molar-refractivity contribution in [3.63, 3.8) is 0 Å². The van der Waals surface area contributed by atoms with Gasteiger partial charge >= 0.3 is 0 Å². The van der Waals surface area contributed by atoms with Gasteiger partial charge in [0.1, 0.15) is 5.82 Å². The SMILES string of the molecule is Cc1ccc(C(=O)Nc2ccc3c(c2)OCO3)c(F)c1C. The van der Waals surface area contributed by atoms with E-state index in [1.165, 1.54) is 6.07 Å². The van der Waals surface area contributed by atoms with Crippen molar-refractivity contribution in [2.75, 3.05) is 12.1 Å². The van der Waals surface area contributed by atoms with Gasteiger partial charge in [-0.2, -0.15) is 0 Å². The topological polar surface area (TPSA) is 47.6 Å². The predicted molar refractivity (Wildman–Crippen MR) is 76.4 cm³/mol. The van der Waals surface area contributed by atoms with E-state index in [0.29, 0.717) is 22.7 Å². The highest BCUT2D eigenvalue weighted by Crippen LogP contribution is 2.34. The second-order valence-electron chi connectivity index (χ2n) is 4.89. The molecule has 0 saturated carbocycles. The molecule has 1 N–H and O–H groups in total. The van der Waals surface area contributed by atoms with E-state index in [-0.39, 0.29) is 12.4 Å². The van der Waals surface area contributed by atoms with E-state index in [4.69, 9.17) is 9.47 Å². The summed E-state index contributed by atoms with van der Waals surface area (Å²) in [5, 5.41) is 2.66. The van der Waals surface area contributed by atoms with Crippen LogP contribution < -0.4 is 14.8 Å². The van der Waals surface area contributed by atoms with E-state index in [2.05, 4.69) is 5.32 Å². The highest BCUT2D eigenvalue weighted by Gasteiger charge is 2.17. The number of nitrogens with one attached hydrogen (secondary N) is 1. The molecule has 0 bridgehead atoms. The first kappa shape index (κ1) is 13.4. The number of hydrogen-bond acceptors (Lipinski definition) is 3. The van der Waals surface area contributed by atoms with Gasteiger partial charge in [0, 0.05) is 11.8 Å². The van der Waals surface area contributed by atoms with Crippen LogP contribution in [0, 0.1) is 19.7 Å². The van der Waals surface area contributed by atoms with E-state index in [1.54, 1.807) is 38.1 Å². The van der Waals surface area contributed by atoms with E-state index in [1.807, 2.05) is 0 Å². The van der Waals surface area contributed by atoms with Crippen molar-refractivity contribution in [1.82, 2.24) is 0 Å². The van der Waals surface area contributed by atoms with Crippen molar-refractivity contribution in [3.05, 3.63) is 52.8 Å². The Balaban J connectivity index is 1.85. The summed E-state index contributed by atoms with van der Waals surface area (Å²) in [7, 11) is 0. The van der Waals surface area contributed by atoms with Crippen molar-refractivity contribution in [3.8, 4) is 11.5 Å². The zero-order valence-corrected chi connectivity index (χ0v) is 11.7. The molecule has 1 aliphatic heterocycles. The van der Waals surface area contributed by atoms with Gasteiger partial charge in [0.05, 0.1) is 5.56 Å². The molecule has 0 atom stereocenters. The van der Waals surface area contributed by atoms with Gasteiger partial charge in [0.25, 0.3) is 5.91 Å². The Bertz CT molecular complexity index is 728. The summed E-state index contributed by atoms with van der Waals surface area (Å²) in [6, 6.07) is 8.26. The van der Waals surface area contributed by atoms with Crippen molar-refractivity contribution >= 4 is 11.6 Å². The Hall–Kier alpha value is -2.56. The molecule has 1 amide bonds. The fourth-order valence-electron chi connectivity index (χ4n) is 2.13. The minimum atomic E-state index is -0.492. The fraction of sp³-hybridized carbons (Fsp3) is 0.188. The molecule has 0 spiro atoms. The van der Waals surface area contributed by atoms with Gasteiger partial charge in [-0.05, 0) is 43.2 Å². The number of carbonyl (C=O) groups is 1. The number of anilines is 1. The number of rotatable bonds is 2. The lowest BCUT2D eigenvalue weighted by atomic mass is 10.0. The van der Waals surface area contributed by atoms with Crippen LogP contribution >= 0.6 is 0 Å². The van der Waals surface area contributed by atoms with E-state index >= 15 is 0 Å². The number of amides is 1. The standard InChI is InChI=1S/C16H14FNO3/c1-9-3-5-12(15(17)10(9)2)16(19)18-11-4-6-13-14(7-11)21-8-20-13/h3-7H,8H2,1-2H3,(H,18,19). The number of halogens is 1. The quantitative estimate of drug-likeness (QED) is 0.920. The normalized spacial score (nSPS) is 12.3. The zero-order chi connectivity index (χ0) is 15.0. The Morgan fingerprint density at radius 1 is 1.14 bits per heavy atom. The molecule has 0 aliphatic carbocycles. The second kappa shape index (κ2) is 5.09. The van der Waals surface area contributed by atoms with Crippen LogP contribution in [-0.2, 0) is 0 Å². The molecular formula is C16H14FNO3. The first-order valence-corrected chi connectivity index (χ1v) is 6.53. The van der Waals surface area contributed by atoms with E-state index in [0.717, 1.165) is 5.56 Å². The van der Waals surface area contributed by atoms with Gasteiger partial charge < -0.3 is 14.8 Å². The van der Waals surface area contributed by atoms with Crippen LogP contribution in [0.4, 0.5) is 10.1 Å². The highest BCUT2D eigenvalue weighted by atomic mass is 19.1. The van der Waals surface area contributed by atoms with Crippen LogP contribution in [0.15, 0.2) is 30.3 Å². The van der Waals surface area contributed by atoms with Crippen LogP contribution in [0.5, 0.6) is 11.5 Å². The molecule has 2 aromatic rings. The molecule has 0 fully saturated rings. The molecule has 0 aromatic heterocycles. The smallest absolute Gasteiger partial charge is 0.258 e. The summed E-state index contributed by atoms with van der Waals surface area (Å²) in [4.78, 5) is 12.2. The van der Waals surface area contributed by atoms with Crippen LogP contribution in [0.25, 0.3) is 0 Å². The monoisotopic (exact) mass is 287 g/mol. The number of benzene rings is 2. The molecule has 108 valence electrons. The average Bonchev–Trinajstić information content (AvgIpc) is 2.92. The second-order valence-corrected chi connectivity index (χ2v) is 4.89. The third-order valence-electron chi connectivity index (χ3n) is 3.53. The Labute approximate surface area is 121 Å². The number of hydrogen-bond donors (Lipinski definition) is 1. The van der Waals surface area contributed by atoms with Crippen LogP contribution in [-0.4, -0.2) is 12.7 Å². The van der Waals surface area contributed by atoms with Crippen molar-refractivity contribution < 1.29 is 18.7 Å². The van der Waals surface area contributed by atoms with Gasteiger partial charge in [-0.25, -0.2) is 4.39 Å². The molecule has 0 radical (unpaired) electrons. The summed E-state index contributed by atoms with van der Waals surface area (Å²) in [5.41, 5.74) is 1.85. The van der Waals surface area contributed by atoms with Gasteiger partial charge in [-0.3, -0.25) is 4.79 Å². The van der Waals surface area contributed by atoms with Gasteiger partial charge in [-0.15, -0.1) is 0 Å². The first-order chi connectivity index (χ1) is 10.1. The lowest BCUT2D eigenvalue weighted by Crippen LogP contribution is -2.14. The molecule has 5 heteroatoms. The van der Waals surface area contributed by atoms with E-state index < -0.39 is 11.7 Å². The average molecular weight is 287 g/mol. The number of ether oxygens (including phenoxy) is 2. The van der Waals surface area contributed by atoms with Crippen molar-refractivity contribution in [2.24, 2.45) is 0 Å². The van der Waals surface area contributed by atoms with Gasteiger partial charge in [0.2, 0.25) is 6.79 Å². The summed E-state index contributed by atoms with van der Waals surface area (Å²) < 4.78 is 24.6. The largest absolute Gasteiger partial charge is 0.454 e. The fourth-order valence-corrected chi connectivity index (χ4v) is 2.13. The Morgan fingerprint density at radius 2 is 1.90 bits per heavy atom. The number of carbonyl (C=O) groups excluding carboxylic acids is 1. The molecule has 0 unspecified atom stereocenters. The van der Waals surface area contributed by atoms with E-state index in [9.17, 15) is 9.18 Å². The lowest BCUT2D eigenvalue weighted by molar-refractivity contribution is 0.102. The third kappa shape index (κ3) is 2.42. The minimum Gasteiger partial charge on any atom is -0.454 e. The Morgan fingerprint density at radius 3 is 2.71 bits per heavy atom.